The molecule has 1 atom stereocenters. The molecule has 0 bridgehead atoms. The van der Waals surface area contributed by atoms with Crippen LogP contribution in [0.5, 0.6) is 0 Å². The van der Waals surface area contributed by atoms with Crippen LogP contribution in [0.3, 0.4) is 0 Å². The molecule has 1 aromatic rings. The molecule has 1 aliphatic rings. The highest BCUT2D eigenvalue weighted by Crippen LogP contribution is 2.16. The van der Waals surface area contributed by atoms with Gasteiger partial charge in [-0.2, -0.15) is 0 Å². The Labute approximate surface area is 110 Å². The van der Waals surface area contributed by atoms with Crippen LogP contribution >= 0.6 is 15.9 Å². The van der Waals surface area contributed by atoms with Crippen molar-refractivity contribution in [2.24, 2.45) is 5.92 Å². The number of nitrogens with one attached hydrogen (secondary N) is 1. The van der Waals surface area contributed by atoms with E-state index in [1.807, 2.05) is 0 Å². The average molecular weight is 320 g/mol. The predicted octanol–water partition coefficient (Wildman–Crippen LogP) is 1.76. The lowest BCUT2D eigenvalue weighted by Crippen LogP contribution is -2.29. The maximum absolute atomic E-state index is 11.9. The molecule has 1 aromatic carbocycles. The summed E-state index contributed by atoms with van der Waals surface area (Å²) in [6, 6.07) is 6.59. The summed E-state index contributed by atoms with van der Waals surface area (Å²) in [5.41, 5.74) is 0. The van der Waals surface area contributed by atoms with E-state index in [1.54, 1.807) is 24.3 Å². The molecule has 17 heavy (non-hydrogen) atoms. The first-order valence-electron chi connectivity index (χ1n) is 5.41. The van der Waals surface area contributed by atoms with E-state index in [9.17, 15) is 8.42 Å². The van der Waals surface area contributed by atoms with Crippen LogP contribution < -0.4 is 4.72 Å². The minimum Gasteiger partial charge on any atom is -0.381 e. The van der Waals surface area contributed by atoms with Gasteiger partial charge in [0, 0.05) is 17.6 Å². The van der Waals surface area contributed by atoms with Gasteiger partial charge in [-0.3, -0.25) is 0 Å². The van der Waals surface area contributed by atoms with E-state index >= 15 is 0 Å². The number of sulfonamides is 1. The number of hydrogen-bond donors (Lipinski definition) is 1. The molecule has 4 nitrogen and oxygen atoms in total. The Morgan fingerprint density at radius 2 is 2.06 bits per heavy atom. The Morgan fingerprint density at radius 3 is 2.65 bits per heavy atom. The van der Waals surface area contributed by atoms with Crippen molar-refractivity contribution >= 4 is 26.0 Å². The maximum Gasteiger partial charge on any atom is 0.240 e. The molecule has 1 N–H and O–H groups in total. The summed E-state index contributed by atoms with van der Waals surface area (Å²) in [7, 11) is -3.39. The van der Waals surface area contributed by atoms with E-state index in [4.69, 9.17) is 4.74 Å². The summed E-state index contributed by atoms with van der Waals surface area (Å²) in [6.45, 7) is 1.81. The van der Waals surface area contributed by atoms with E-state index < -0.39 is 10.0 Å². The molecule has 1 aliphatic heterocycles. The van der Waals surface area contributed by atoms with Gasteiger partial charge < -0.3 is 4.74 Å². The molecule has 2 rings (SSSR count). The van der Waals surface area contributed by atoms with E-state index in [2.05, 4.69) is 20.7 Å². The van der Waals surface area contributed by atoms with Gasteiger partial charge in [-0.15, -0.1) is 0 Å². The molecule has 0 aliphatic carbocycles. The zero-order valence-corrected chi connectivity index (χ0v) is 11.6. The number of benzene rings is 1. The van der Waals surface area contributed by atoms with Crippen molar-refractivity contribution in [3.63, 3.8) is 0 Å². The molecule has 94 valence electrons. The summed E-state index contributed by atoms with van der Waals surface area (Å²) in [5, 5.41) is 0. The van der Waals surface area contributed by atoms with Gasteiger partial charge in [0.1, 0.15) is 0 Å². The summed E-state index contributed by atoms with van der Waals surface area (Å²) in [5.74, 6) is 0.292. The predicted molar refractivity (Wildman–Crippen MR) is 68.3 cm³/mol. The quantitative estimate of drug-likeness (QED) is 0.920. The average Bonchev–Trinajstić information content (AvgIpc) is 2.80. The highest BCUT2D eigenvalue weighted by Gasteiger charge is 2.19. The molecule has 0 radical (unpaired) electrons. The standard InChI is InChI=1S/C11H14BrNO3S/c12-10-1-3-11(4-2-10)17(14,15)13-7-9-5-6-16-8-9/h1-4,9,13H,5-8H2. The lowest BCUT2D eigenvalue weighted by molar-refractivity contribution is 0.186. The summed E-state index contributed by atoms with van der Waals surface area (Å²) in [6.07, 6.45) is 0.920. The summed E-state index contributed by atoms with van der Waals surface area (Å²) >= 11 is 3.27. The lowest BCUT2D eigenvalue weighted by atomic mass is 10.1. The van der Waals surface area contributed by atoms with Crippen LogP contribution in [0.2, 0.25) is 0 Å². The molecular formula is C11H14BrNO3S. The first-order chi connectivity index (χ1) is 8.08. The fourth-order valence-electron chi connectivity index (χ4n) is 1.67. The second kappa shape index (κ2) is 5.48. The van der Waals surface area contributed by atoms with Crippen molar-refractivity contribution in [1.82, 2.24) is 4.72 Å². The molecule has 6 heteroatoms. The van der Waals surface area contributed by atoms with E-state index in [1.165, 1.54) is 0 Å². The van der Waals surface area contributed by atoms with E-state index in [0.29, 0.717) is 24.0 Å². The van der Waals surface area contributed by atoms with Gasteiger partial charge >= 0.3 is 0 Å². The smallest absolute Gasteiger partial charge is 0.240 e. The Kier molecular flexibility index (Phi) is 4.19. The maximum atomic E-state index is 11.9. The fourth-order valence-corrected chi connectivity index (χ4v) is 3.05. The van der Waals surface area contributed by atoms with Gasteiger partial charge in [-0.1, -0.05) is 15.9 Å². The van der Waals surface area contributed by atoms with Crippen molar-refractivity contribution in [3.8, 4) is 0 Å². The minimum atomic E-state index is -3.39. The van der Waals surface area contributed by atoms with Crippen LogP contribution in [0, 0.1) is 5.92 Å². The van der Waals surface area contributed by atoms with Gasteiger partial charge in [0.15, 0.2) is 0 Å². The minimum absolute atomic E-state index is 0.291. The lowest BCUT2D eigenvalue weighted by Gasteiger charge is -2.10. The van der Waals surface area contributed by atoms with Crippen LogP contribution in [-0.4, -0.2) is 28.2 Å². The highest BCUT2D eigenvalue weighted by molar-refractivity contribution is 9.10. The van der Waals surface area contributed by atoms with Crippen molar-refractivity contribution in [3.05, 3.63) is 28.7 Å². The van der Waals surface area contributed by atoms with Crippen molar-refractivity contribution in [2.45, 2.75) is 11.3 Å². The van der Waals surface area contributed by atoms with Gasteiger partial charge in [0.2, 0.25) is 10.0 Å². The highest BCUT2D eigenvalue weighted by atomic mass is 79.9. The first kappa shape index (κ1) is 13.0. The van der Waals surface area contributed by atoms with Crippen molar-refractivity contribution in [2.75, 3.05) is 19.8 Å². The van der Waals surface area contributed by atoms with Gasteiger partial charge in [0.05, 0.1) is 11.5 Å². The zero-order valence-electron chi connectivity index (χ0n) is 9.23. The largest absolute Gasteiger partial charge is 0.381 e. The molecule has 1 saturated heterocycles. The third-order valence-electron chi connectivity index (χ3n) is 2.71. The second-order valence-corrected chi connectivity index (χ2v) is 6.72. The number of halogens is 1. The third kappa shape index (κ3) is 3.51. The molecule has 0 amide bonds. The summed E-state index contributed by atoms with van der Waals surface area (Å²) in [4.78, 5) is 0.291. The van der Waals surface area contributed by atoms with E-state index in [-0.39, 0.29) is 0 Å². The topological polar surface area (TPSA) is 55.4 Å². The zero-order chi connectivity index (χ0) is 12.3. The molecule has 0 aromatic heterocycles. The molecular weight excluding hydrogens is 306 g/mol. The van der Waals surface area contributed by atoms with Crippen LogP contribution in [0.1, 0.15) is 6.42 Å². The monoisotopic (exact) mass is 319 g/mol. The van der Waals surface area contributed by atoms with Crippen LogP contribution in [-0.2, 0) is 14.8 Å². The molecule has 1 fully saturated rings. The normalized spacial score (nSPS) is 20.6. The molecule has 1 heterocycles. The Hall–Kier alpha value is -0.430. The third-order valence-corrected chi connectivity index (χ3v) is 4.68. The van der Waals surface area contributed by atoms with Crippen LogP contribution in [0.25, 0.3) is 0 Å². The van der Waals surface area contributed by atoms with Gasteiger partial charge in [0.25, 0.3) is 0 Å². The van der Waals surface area contributed by atoms with E-state index in [0.717, 1.165) is 17.5 Å². The molecule has 1 unspecified atom stereocenters. The van der Waals surface area contributed by atoms with Gasteiger partial charge in [-0.05, 0) is 36.6 Å². The van der Waals surface area contributed by atoms with Gasteiger partial charge in [-0.25, -0.2) is 13.1 Å². The molecule has 0 saturated carbocycles. The molecule has 0 spiro atoms. The Bertz CT molecular complexity index is 466. The number of ether oxygens (including phenoxy) is 1. The van der Waals surface area contributed by atoms with Crippen molar-refractivity contribution in [1.29, 1.82) is 0 Å². The number of hydrogen-bond acceptors (Lipinski definition) is 3. The second-order valence-electron chi connectivity index (χ2n) is 4.04. The number of rotatable bonds is 4. The van der Waals surface area contributed by atoms with Crippen molar-refractivity contribution < 1.29 is 13.2 Å². The first-order valence-corrected chi connectivity index (χ1v) is 7.68. The Balaban J connectivity index is 2.00. The van der Waals surface area contributed by atoms with Crippen LogP contribution in [0.4, 0.5) is 0 Å². The fraction of sp³-hybridized carbons (Fsp3) is 0.455. The summed E-state index contributed by atoms with van der Waals surface area (Å²) < 4.78 is 32.5. The van der Waals surface area contributed by atoms with Crippen LogP contribution in [0.15, 0.2) is 33.6 Å². The SMILES string of the molecule is O=S(=O)(NCC1CCOC1)c1ccc(Br)cc1. The Morgan fingerprint density at radius 1 is 1.35 bits per heavy atom.